The van der Waals surface area contributed by atoms with Crippen LogP contribution in [0.25, 0.3) is 0 Å². The molecule has 4 atom stereocenters. The summed E-state index contributed by atoms with van der Waals surface area (Å²) in [6, 6.07) is 17.1. The third kappa shape index (κ3) is 5.33. The Morgan fingerprint density at radius 1 is 0.727 bits per heavy atom. The molecule has 2 aromatic carbocycles. The summed E-state index contributed by atoms with van der Waals surface area (Å²) in [7, 11) is 0. The van der Waals surface area contributed by atoms with Gasteiger partial charge in [-0.15, -0.1) is 0 Å². The number of thiocarbonyl (C=S) groups is 2. The van der Waals surface area contributed by atoms with E-state index in [-0.39, 0.29) is 24.0 Å². The van der Waals surface area contributed by atoms with Gasteiger partial charge in [-0.1, -0.05) is 75.2 Å². The third-order valence-electron chi connectivity index (χ3n) is 6.71. The SMILES string of the molecule is CCCCNC(=S)O[C@@H]1c2ccccc2[C@H]2C[C@@H]1c1ccccc1[C@H]2OC(=S)NCCCC. The first kappa shape index (κ1) is 24.0. The third-order valence-corrected chi connectivity index (χ3v) is 7.19. The molecule has 0 unspecified atom stereocenters. The molecule has 0 fully saturated rings. The minimum Gasteiger partial charge on any atom is -0.462 e. The Labute approximate surface area is 208 Å². The van der Waals surface area contributed by atoms with E-state index < -0.39 is 0 Å². The molecule has 2 aliphatic rings. The monoisotopic (exact) mass is 482 g/mol. The summed E-state index contributed by atoms with van der Waals surface area (Å²) >= 11 is 11.1. The minimum atomic E-state index is -0.115. The number of fused-ring (bicyclic) bond motifs is 6. The van der Waals surface area contributed by atoms with Crippen LogP contribution in [0.15, 0.2) is 48.5 Å². The number of unbranched alkanes of at least 4 members (excludes halogenated alkanes) is 2. The molecule has 0 spiro atoms. The number of benzene rings is 2. The molecular formula is C27H34N2O2S2. The summed E-state index contributed by atoms with van der Waals surface area (Å²) in [4.78, 5) is 0. The van der Waals surface area contributed by atoms with E-state index in [1.54, 1.807) is 0 Å². The van der Waals surface area contributed by atoms with E-state index in [1.165, 1.54) is 22.3 Å². The number of ether oxygens (including phenoxy) is 2. The van der Waals surface area contributed by atoms with Gasteiger partial charge in [0.05, 0.1) is 0 Å². The van der Waals surface area contributed by atoms with Crippen molar-refractivity contribution in [3.05, 3.63) is 70.8 Å². The number of rotatable bonds is 8. The Kier molecular flexibility index (Phi) is 8.20. The molecule has 0 heterocycles. The second kappa shape index (κ2) is 11.3. The number of hydrogen-bond donors (Lipinski definition) is 2. The molecule has 4 nitrogen and oxygen atoms in total. The maximum absolute atomic E-state index is 6.43. The first-order valence-corrected chi connectivity index (χ1v) is 13.0. The van der Waals surface area contributed by atoms with Crippen molar-refractivity contribution >= 4 is 34.8 Å². The van der Waals surface area contributed by atoms with Crippen LogP contribution in [0.4, 0.5) is 0 Å². The van der Waals surface area contributed by atoms with Crippen molar-refractivity contribution in [2.45, 2.75) is 70.0 Å². The predicted molar refractivity (Wildman–Crippen MR) is 142 cm³/mol. The molecular weight excluding hydrogens is 448 g/mol. The molecule has 0 radical (unpaired) electrons. The van der Waals surface area contributed by atoms with Crippen molar-refractivity contribution < 1.29 is 9.47 Å². The van der Waals surface area contributed by atoms with Gasteiger partial charge in [0.25, 0.3) is 10.3 Å². The lowest BCUT2D eigenvalue weighted by Gasteiger charge is -2.46. The lowest BCUT2D eigenvalue weighted by Crippen LogP contribution is -2.38. The summed E-state index contributed by atoms with van der Waals surface area (Å²) in [5.74, 6) is 0.432. The zero-order valence-electron chi connectivity index (χ0n) is 19.5. The summed E-state index contributed by atoms with van der Waals surface area (Å²) in [6.07, 6.45) is 5.10. The first-order valence-electron chi connectivity index (χ1n) is 12.2. The number of nitrogens with one attached hydrogen (secondary N) is 2. The molecule has 176 valence electrons. The van der Waals surface area contributed by atoms with E-state index in [0.717, 1.165) is 45.2 Å². The quantitative estimate of drug-likeness (QED) is 0.334. The molecule has 0 aliphatic heterocycles. The van der Waals surface area contributed by atoms with Gasteiger partial charge in [-0.2, -0.15) is 0 Å². The molecule has 0 aromatic heterocycles. The summed E-state index contributed by atoms with van der Waals surface area (Å²) in [5, 5.41) is 7.53. The van der Waals surface area contributed by atoms with E-state index in [1.807, 2.05) is 0 Å². The standard InChI is InChI=1S/C27H34N2O2S2/c1-3-5-15-28-26(32)30-24-20-13-9-7-11-18(20)23-17-22(24)19-12-8-10-14-21(19)25(23)31-27(33)29-16-6-4-2/h7-14,22-25H,3-6,15-17H2,1-2H3,(H,28,32)(H,29,33)/t22-,23-,24-,25-/m1/s1. The van der Waals surface area contributed by atoms with Crippen LogP contribution >= 0.6 is 24.4 Å². The van der Waals surface area contributed by atoms with Crippen LogP contribution in [0.3, 0.4) is 0 Å². The van der Waals surface area contributed by atoms with Gasteiger partial charge in [0.2, 0.25) is 0 Å². The smallest absolute Gasteiger partial charge is 0.257 e. The number of hydrogen-bond acceptors (Lipinski definition) is 4. The summed E-state index contributed by atoms with van der Waals surface area (Å²) < 4.78 is 12.9. The van der Waals surface area contributed by atoms with Crippen molar-refractivity contribution in [1.82, 2.24) is 10.6 Å². The molecule has 6 heteroatoms. The van der Waals surface area contributed by atoms with Crippen LogP contribution in [-0.4, -0.2) is 23.4 Å². The average molecular weight is 483 g/mol. The fourth-order valence-corrected chi connectivity index (χ4v) is 5.50. The Bertz CT molecular complexity index is 903. The van der Waals surface area contributed by atoms with Gasteiger partial charge in [0, 0.05) is 24.9 Å². The molecule has 0 saturated carbocycles. The van der Waals surface area contributed by atoms with Crippen molar-refractivity contribution in [2.24, 2.45) is 0 Å². The second-order valence-corrected chi connectivity index (χ2v) is 9.66. The molecule has 2 bridgehead atoms. The summed E-state index contributed by atoms with van der Waals surface area (Å²) in [6.45, 7) is 6.02. The molecule has 33 heavy (non-hydrogen) atoms. The van der Waals surface area contributed by atoms with Crippen LogP contribution in [0.2, 0.25) is 0 Å². The normalized spacial score (nSPS) is 22.5. The highest BCUT2D eigenvalue weighted by Gasteiger charge is 2.47. The van der Waals surface area contributed by atoms with E-state index in [4.69, 9.17) is 33.9 Å². The molecule has 4 rings (SSSR count). The van der Waals surface area contributed by atoms with Crippen LogP contribution in [0, 0.1) is 0 Å². The van der Waals surface area contributed by atoms with Gasteiger partial charge in [0.1, 0.15) is 12.2 Å². The lowest BCUT2D eigenvalue weighted by atomic mass is 9.64. The van der Waals surface area contributed by atoms with Crippen molar-refractivity contribution in [1.29, 1.82) is 0 Å². The Morgan fingerprint density at radius 3 is 1.52 bits per heavy atom. The van der Waals surface area contributed by atoms with E-state index in [2.05, 4.69) is 73.0 Å². The predicted octanol–water partition coefficient (Wildman–Crippen LogP) is 6.44. The zero-order valence-corrected chi connectivity index (χ0v) is 21.1. The molecule has 2 aromatic rings. The van der Waals surface area contributed by atoms with Crippen LogP contribution in [0.1, 0.15) is 92.2 Å². The Morgan fingerprint density at radius 2 is 1.12 bits per heavy atom. The molecule has 2 aliphatic carbocycles. The van der Waals surface area contributed by atoms with Crippen LogP contribution < -0.4 is 10.6 Å². The summed E-state index contributed by atoms with van der Waals surface area (Å²) in [5.41, 5.74) is 4.94. The largest absolute Gasteiger partial charge is 0.462 e. The van der Waals surface area contributed by atoms with Gasteiger partial charge in [-0.25, -0.2) is 0 Å². The van der Waals surface area contributed by atoms with Gasteiger partial charge in [0.15, 0.2) is 0 Å². The fourth-order valence-electron chi connectivity index (χ4n) is 5.09. The maximum Gasteiger partial charge on any atom is 0.257 e. The van der Waals surface area contributed by atoms with Gasteiger partial charge in [-0.3, -0.25) is 0 Å². The van der Waals surface area contributed by atoms with Crippen molar-refractivity contribution in [2.75, 3.05) is 13.1 Å². The molecule has 2 N–H and O–H groups in total. The Balaban J connectivity index is 1.64. The van der Waals surface area contributed by atoms with Crippen LogP contribution in [0.5, 0.6) is 0 Å². The second-order valence-electron chi connectivity index (χ2n) is 8.92. The molecule has 0 saturated heterocycles. The van der Waals surface area contributed by atoms with Crippen LogP contribution in [-0.2, 0) is 9.47 Å². The highest BCUT2D eigenvalue weighted by atomic mass is 32.1. The van der Waals surface area contributed by atoms with Gasteiger partial charge >= 0.3 is 0 Å². The van der Waals surface area contributed by atoms with E-state index >= 15 is 0 Å². The topological polar surface area (TPSA) is 42.5 Å². The lowest BCUT2D eigenvalue weighted by molar-refractivity contribution is 0.0794. The average Bonchev–Trinajstić information content (AvgIpc) is 2.83. The maximum atomic E-state index is 6.43. The first-order chi connectivity index (χ1) is 16.1. The highest BCUT2D eigenvalue weighted by molar-refractivity contribution is 7.80. The van der Waals surface area contributed by atoms with Gasteiger partial charge < -0.3 is 20.1 Å². The minimum absolute atomic E-state index is 0.115. The molecule has 0 amide bonds. The van der Waals surface area contributed by atoms with Crippen molar-refractivity contribution in [3.63, 3.8) is 0 Å². The highest BCUT2D eigenvalue weighted by Crippen LogP contribution is 2.57. The van der Waals surface area contributed by atoms with Crippen molar-refractivity contribution in [3.8, 4) is 0 Å². The fraction of sp³-hybridized carbons (Fsp3) is 0.481. The van der Waals surface area contributed by atoms with E-state index in [9.17, 15) is 0 Å². The zero-order chi connectivity index (χ0) is 23.2. The van der Waals surface area contributed by atoms with E-state index in [0.29, 0.717) is 10.3 Å². The van der Waals surface area contributed by atoms with Gasteiger partial charge in [-0.05, 0) is 66.0 Å². The Hall–Kier alpha value is -2.18.